The minimum atomic E-state index is -0.999. The molecule has 0 saturated carbocycles. The summed E-state index contributed by atoms with van der Waals surface area (Å²) < 4.78 is 14.1. The van der Waals surface area contributed by atoms with Crippen LogP contribution in [0.15, 0.2) is 12.3 Å². The van der Waals surface area contributed by atoms with Crippen LogP contribution in [0.1, 0.15) is 48.3 Å². The lowest BCUT2D eigenvalue weighted by Crippen LogP contribution is -2.46. The van der Waals surface area contributed by atoms with Crippen molar-refractivity contribution in [2.24, 2.45) is 0 Å². The van der Waals surface area contributed by atoms with Crippen LogP contribution in [0.3, 0.4) is 0 Å². The summed E-state index contributed by atoms with van der Waals surface area (Å²) in [7, 11) is -0.999. The normalized spacial score (nSPS) is 20.9. The molecule has 2 N–H and O–H groups in total. The van der Waals surface area contributed by atoms with Crippen molar-refractivity contribution in [3.05, 3.63) is 29.5 Å². The van der Waals surface area contributed by atoms with Crippen molar-refractivity contribution in [1.82, 2.24) is 15.3 Å². The van der Waals surface area contributed by atoms with Gasteiger partial charge < -0.3 is 10.3 Å². The Kier molecular flexibility index (Phi) is 4.39. The second-order valence-electron chi connectivity index (χ2n) is 7.98. The van der Waals surface area contributed by atoms with Crippen LogP contribution in [0.25, 0.3) is 10.9 Å². The van der Waals surface area contributed by atoms with Crippen molar-refractivity contribution in [3.8, 4) is 0 Å². The molecule has 0 bridgehead atoms. The largest absolute Gasteiger partial charge is 0.349 e. The van der Waals surface area contributed by atoms with Gasteiger partial charge in [0.15, 0.2) is 5.82 Å². The van der Waals surface area contributed by atoms with Crippen molar-refractivity contribution in [2.45, 2.75) is 69.2 Å². The summed E-state index contributed by atoms with van der Waals surface area (Å²) in [5.74, 6) is -0.477. The lowest BCUT2D eigenvalue weighted by Gasteiger charge is -2.41. The molecule has 0 aromatic carbocycles. The zero-order valence-corrected chi connectivity index (χ0v) is 15.8. The fourth-order valence-corrected chi connectivity index (χ4v) is 10.2. The molecule has 4 heterocycles. The Morgan fingerprint density at radius 3 is 2.68 bits per heavy atom. The number of aryl methyl sites for hydroxylation is 1. The Balaban J connectivity index is 1.42. The molecule has 25 heavy (non-hydrogen) atoms. The molecule has 0 unspecified atom stereocenters. The van der Waals surface area contributed by atoms with Gasteiger partial charge in [0.05, 0.1) is 25.5 Å². The van der Waals surface area contributed by atoms with Crippen molar-refractivity contribution >= 4 is 24.9 Å². The molecule has 1 amide bonds. The Morgan fingerprint density at radius 2 is 1.96 bits per heavy atom. The van der Waals surface area contributed by atoms with Crippen LogP contribution in [0.4, 0.5) is 4.39 Å². The molecule has 0 aliphatic carbocycles. The molecule has 4 rings (SSSR count). The number of hydrogen-bond acceptors (Lipinski definition) is 2. The maximum atomic E-state index is 14.1. The summed E-state index contributed by atoms with van der Waals surface area (Å²) >= 11 is 0. The van der Waals surface area contributed by atoms with E-state index in [1.807, 2.05) is 0 Å². The van der Waals surface area contributed by atoms with Crippen LogP contribution >= 0.6 is 0 Å². The molecule has 0 atom stereocenters. The predicted octanol–water partition coefficient (Wildman–Crippen LogP) is 4.54. The number of aromatic nitrogens is 2. The summed E-state index contributed by atoms with van der Waals surface area (Å²) in [5.41, 5.74) is 1.36. The number of amides is 1. The molecule has 0 radical (unpaired) electrons. The fourth-order valence-electron chi connectivity index (χ4n) is 4.73. The summed E-state index contributed by atoms with van der Waals surface area (Å²) in [6, 6.07) is 7.60. The van der Waals surface area contributed by atoms with Gasteiger partial charge in [-0.25, -0.2) is 4.39 Å². The summed E-state index contributed by atoms with van der Waals surface area (Å²) in [6.45, 7) is 1.63. The molecule has 134 valence electrons. The van der Waals surface area contributed by atoms with Gasteiger partial charge >= 0.3 is 0 Å². The van der Waals surface area contributed by atoms with Gasteiger partial charge in [0.25, 0.3) is 5.91 Å². The first kappa shape index (κ1) is 16.8. The van der Waals surface area contributed by atoms with E-state index < -0.39 is 8.07 Å². The number of fused-ring (bicyclic) bond motifs is 1. The lowest BCUT2D eigenvalue weighted by molar-refractivity contribution is 0.0929. The monoisotopic (exact) mass is 359 g/mol. The van der Waals surface area contributed by atoms with Crippen molar-refractivity contribution in [3.63, 3.8) is 0 Å². The van der Waals surface area contributed by atoms with Gasteiger partial charge in [-0.3, -0.25) is 9.78 Å². The number of halogens is 1. The van der Waals surface area contributed by atoms with Crippen molar-refractivity contribution < 1.29 is 9.18 Å². The highest BCUT2D eigenvalue weighted by atomic mass is 28.3. The second-order valence-corrected chi connectivity index (χ2v) is 13.0. The van der Waals surface area contributed by atoms with E-state index in [0.29, 0.717) is 22.3 Å². The molecule has 1 spiro atoms. The van der Waals surface area contributed by atoms with E-state index in [2.05, 4.69) is 15.3 Å². The fraction of sp³-hybridized carbons (Fsp3) is 0.579. The standard InChI is InChI=1S/C19H26FN3OSi/c1-13-18(20)15-11-16(23-17(15)12-21-13)19(24)22-14-5-9-25(10-6-14)7-3-2-4-8-25/h11-12,14,23H,2-10H2,1H3,(H,22,24). The van der Waals surface area contributed by atoms with Crippen LogP contribution in [0.2, 0.25) is 24.2 Å². The zero-order chi connectivity index (χ0) is 17.4. The lowest BCUT2D eigenvalue weighted by atomic mass is 10.1. The van der Waals surface area contributed by atoms with Gasteiger partial charge in [-0.2, -0.15) is 0 Å². The van der Waals surface area contributed by atoms with Gasteiger partial charge in [-0.1, -0.05) is 43.4 Å². The van der Waals surface area contributed by atoms with E-state index in [4.69, 9.17) is 0 Å². The highest BCUT2D eigenvalue weighted by Crippen LogP contribution is 2.40. The molecule has 2 aromatic rings. The SMILES string of the molecule is Cc1ncc2[nH]c(C(=O)NC3CC[Si]4(CCCCC4)CC3)cc2c1F. The van der Waals surface area contributed by atoms with Crippen molar-refractivity contribution in [1.29, 1.82) is 0 Å². The van der Waals surface area contributed by atoms with E-state index in [-0.39, 0.29) is 17.8 Å². The summed E-state index contributed by atoms with van der Waals surface area (Å²) in [6.07, 6.45) is 8.10. The molecule has 4 nitrogen and oxygen atoms in total. The van der Waals surface area contributed by atoms with Gasteiger partial charge in [0, 0.05) is 11.4 Å². The second kappa shape index (κ2) is 6.55. The molecule has 2 aliphatic heterocycles. The molecule has 2 aliphatic rings. The van der Waals surface area contributed by atoms with Gasteiger partial charge in [-0.15, -0.1) is 0 Å². The topological polar surface area (TPSA) is 57.8 Å². The number of pyridine rings is 1. The molecule has 2 aromatic heterocycles. The van der Waals surface area contributed by atoms with Crippen LogP contribution in [-0.2, 0) is 0 Å². The zero-order valence-electron chi connectivity index (χ0n) is 14.8. The first-order valence-electron chi connectivity index (χ1n) is 9.51. The van der Waals surface area contributed by atoms with E-state index in [0.717, 1.165) is 12.8 Å². The maximum Gasteiger partial charge on any atom is 0.267 e. The van der Waals surface area contributed by atoms with Crippen molar-refractivity contribution in [2.75, 3.05) is 0 Å². The minimum absolute atomic E-state index is 0.125. The molecular weight excluding hydrogens is 333 g/mol. The first-order valence-corrected chi connectivity index (χ1v) is 12.3. The predicted molar refractivity (Wildman–Crippen MR) is 100 cm³/mol. The number of nitrogens with one attached hydrogen (secondary N) is 2. The smallest absolute Gasteiger partial charge is 0.267 e. The number of aromatic amines is 1. The maximum absolute atomic E-state index is 14.1. The minimum Gasteiger partial charge on any atom is -0.349 e. The van der Waals surface area contributed by atoms with E-state index in [1.165, 1.54) is 43.4 Å². The van der Waals surface area contributed by atoms with Crippen LogP contribution < -0.4 is 5.32 Å². The molecule has 2 fully saturated rings. The van der Waals surface area contributed by atoms with E-state index in [9.17, 15) is 9.18 Å². The third-order valence-corrected chi connectivity index (χ3v) is 11.9. The Bertz CT molecular complexity index is 787. The highest BCUT2D eigenvalue weighted by Gasteiger charge is 2.38. The Morgan fingerprint density at radius 1 is 1.24 bits per heavy atom. The van der Waals surface area contributed by atoms with Crippen LogP contribution in [-0.4, -0.2) is 30.0 Å². The number of nitrogens with zero attached hydrogens (tertiary/aromatic N) is 1. The molecule has 6 heteroatoms. The van der Waals surface area contributed by atoms with Gasteiger partial charge in [-0.05, 0) is 25.8 Å². The van der Waals surface area contributed by atoms with E-state index >= 15 is 0 Å². The average molecular weight is 360 g/mol. The van der Waals surface area contributed by atoms with Crippen LogP contribution in [0, 0.1) is 12.7 Å². The number of hydrogen-bond donors (Lipinski definition) is 2. The Labute approximate surface area is 148 Å². The number of rotatable bonds is 2. The average Bonchev–Trinajstić information content (AvgIpc) is 3.06. The number of carbonyl (C=O) groups is 1. The van der Waals surface area contributed by atoms with Gasteiger partial charge in [0.2, 0.25) is 0 Å². The molecular formula is C19H26FN3OSi. The Hall–Kier alpha value is -1.69. The molecule has 2 saturated heterocycles. The van der Waals surface area contributed by atoms with E-state index in [1.54, 1.807) is 19.2 Å². The number of carbonyl (C=O) groups excluding carboxylic acids is 1. The number of H-pyrrole nitrogens is 1. The summed E-state index contributed by atoms with van der Waals surface area (Å²) in [4.78, 5) is 19.6. The first-order chi connectivity index (χ1) is 12.1. The third-order valence-electron chi connectivity index (χ3n) is 6.33. The highest BCUT2D eigenvalue weighted by molar-refractivity contribution is 6.80. The summed E-state index contributed by atoms with van der Waals surface area (Å²) in [5, 5.41) is 3.60. The third kappa shape index (κ3) is 3.24. The quantitative estimate of drug-likeness (QED) is 0.774. The van der Waals surface area contributed by atoms with Gasteiger partial charge in [0.1, 0.15) is 5.69 Å². The van der Waals surface area contributed by atoms with Crippen LogP contribution in [0.5, 0.6) is 0 Å².